The highest BCUT2D eigenvalue weighted by atomic mass is 79.9. The molecule has 1 unspecified atom stereocenters. The third-order valence-electron chi connectivity index (χ3n) is 1.23. The molecule has 1 aromatic rings. The van der Waals surface area contributed by atoms with Crippen molar-refractivity contribution in [3.05, 3.63) is 31.4 Å². The van der Waals surface area contributed by atoms with E-state index in [-0.39, 0.29) is 17.0 Å². The molecule has 4 heteroatoms. The Morgan fingerprint density at radius 2 is 2.38 bits per heavy atom. The van der Waals surface area contributed by atoms with Crippen LogP contribution in [0.1, 0.15) is 19.8 Å². The summed E-state index contributed by atoms with van der Waals surface area (Å²) < 4.78 is 0. The van der Waals surface area contributed by atoms with Gasteiger partial charge in [-0.1, -0.05) is 6.08 Å². The van der Waals surface area contributed by atoms with Crippen molar-refractivity contribution in [1.29, 1.82) is 0 Å². The highest BCUT2D eigenvalue weighted by molar-refractivity contribution is 8.93. The van der Waals surface area contributed by atoms with Crippen LogP contribution in [0.4, 0.5) is 0 Å². The lowest BCUT2D eigenvalue weighted by atomic mass is 10.2. The number of hydrogen-bond donors (Lipinski definition) is 2. The summed E-state index contributed by atoms with van der Waals surface area (Å²) in [4.78, 5) is 6.42. The first-order valence-corrected chi connectivity index (χ1v) is 4.06. The van der Waals surface area contributed by atoms with E-state index in [0.29, 0.717) is 6.04 Å². The average molecular weight is 248 g/mol. The smallest absolute Gasteiger partial charge is 0.0919 e. The summed E-state index contributed by atoms with van der Waals surface area (Å²) in [6.45, 7) is 5.58. The van der Waals surface area contributed by atoms with Crippen molar-refractivity contribution in [2.24, 2.45) is 5.73 Å². The number of imidazole rings is 1. The van der Waals surface area contributed by atoms with Gasteiger partial charge < -0.3 is 10.7 Å². The van der Waals surface area contributed by atoms with E-state index < -0.39 is 0 Å². The van der Waals surface area contributed by atoms with Crippen molar-refractivity contribution in [3.8, 4) is 0 Å². The van der Waals surface area contributed by atoms with Crippen molar-refractivity contribution in [3.63, 3.8) is 0 Å². The number of nitrogens with two attached hydrogens (primary N) is 1. The van der Waals surface area contributed by atoms with Crippen LogP contribution >= 0.6 is 17.0 Å². The molecule has 1 rings (SSSR count). The van der Waals surface area contributed by atoms with Crippen LogP contribution in [0, 0.1) is 0 Å². The maximum Gasteiger partial charge on any atom is 0.0919 e. The molecule has 0 radical (unpaired) electrons. The van der Waals surface area contributed by atoms with Gasteiger partial charge in [0.1, 0.15) is 0 Å². The molecule has 13 heavy (non-hydrogen) atoms. The fraction of sp³-hybridized carbons (Fsp3) is 0.444. The predicted octanol–water partition coefficient (Wildman–Crippen LogP) is 2.29. The lowest BCUT2D eigenvalue weighted by Gasteiger charge is -1.97. The van der Waals surface area contributed by atoms with Crippen molar-refractivity contribution in [1.82, 2.24) is 9.97 Å². The molecule has 0 fully saturated rings. The highest BCUT2D eigenvalue weighted by Gasteiger charge is 1.87. The van der Waals surface area contributed by atoms with E-state index in [2.05, 4.69) is 16.5 Å². The molecule has 1 heterocycles. The van der Waals surface area contributed by atoms with E-state index in [1.807, 2.05) is 13.0 Å². The third-order valence-corrected chi connectivity index (χ3v) is 1.23. The topological polar surface area (TPSA) is 54.7 Å². The van der Waals surface area contributed by atoms with Gasteiger partial charge in [-0.3, -0.25) is 0 Å². The molecular weight excluding hydrogens is 230 g/mol. The van der Waals surface area contributed by atoms with Gasteiger partial charge in [0.2, 0.25) is 0 Å². The van der Waals surface area contributed by atoms with Crippen molar-refractivity contribution in [2.45, 2.75) is 25.8 Å². The van der Waals surface area contributed by atoms with Gasteiger partial charge in [-0.15, -0.1) is 23.6 Å². The fourth-order valence-corrected chi connectivity index (χ4v) is 0.596. The van der Waals surface area contributed by atoms with E-state index in [1.165, 1.54) is 0 Å². The predicted molar refractivity (Wildman–Crippen MR) is 62.0 cm³/mol. The maximum atomic E-state index is 5.43. The molecule has 3 nitrogen and oxygen atoms in total. The molecule has 0 amide bonds. The van der Waals surface area contributed by atoms with Crippen LogP contribution in [0.5, 0.6) is 0 Å². The van der Waals surface area contributed by atoms with Gasteiger partial charge in [0, 0.05) is 18.4 Å². The molecule has 0 aromatic carbocycles. The standard InChI is InChI=1S/C6H13N.C3H4N2.BrH/c1-3-4-5-6(2)7;1-2-5-3-4-1;/h3,6H,1,4-5,7H2,2H3;1-3H,(H,4,5);1H. The van der Waals surface area contributed by atoms with Crippen LogP contribution in [-0.2, 0) is 0 Å². The molecule has 0 aliphatic carbocycles. The minimum atomic E-state index is 0. The molecule has 76 valence electrons. The summed E-state index contributed by atoms with van der Waals surface area (Å²) in [7, 11) is 0. The maximum absolute atomic E-state index is 5.43. The quantitative estimate of drug-likeness (QED) is 0.806. The van der Waals surface area contributed by atoms with Crippen molar-refractivity contribution in [2.75, 3.05) is 0 Å². The molecule has 0 aliphatic rings. The first-order chi connectivity index (χ1) is 5.77. The number of nitrogens with one attached hydrogen (secondary N) is 1. The summed E-state index contributed by atoms with van der Waals surface area (Å²) >= 11 is 0. The van der Waals surface area contributed by atoms with Gasteiger partial charge in [-0.25, -0.2) is 4.98 Å². The number of allylic oxidation sites excluding steroid dienone is 1. The molecule has 1 atom stereocenters. The molecular formula is C9H18BrN3. The first kappa shape index (κ1) is 14.9. The minimum Gasteiger partial charge on any atom is -0.351 e. The van der Waals surface area contributed by atoms with Gasteiger partial charge in [0.15, 0.2) is 0 Å². The van der Waals surface area contributed by atoms with Crippen LogP contribution in [0.15, 0.2) is 31.4 Å². The molecule has 0 spiro atoms. The molecule has 0 bridgehead atoms. The Kier molecular flexibility index (Phi) is 13.0. The van der Waals surface area contributed by atoms with Crippen LogP contribution in [0.25, 0.3) is 0 Å². The Morgan fingerprint density at radius 3 is 2.54 bits per heavy atom. The number of aromatic nitrogens is 2. The molecule has 1 aromatic heterocycles. The summed E-state index contributed by atoms with van der Waals surface area (Å²) in [6, 6.07) is 0.331. The first-order valence-electron chi connectivity index (χ1n) is 4.06. The number of hydrogen-bond acceptors (Lipinski definition) is 2. The van der Waals surface area contributed by atoms with Crippen molar-refractivity contribution < 1.29 is 0 Å². The average Bonchev–Trinajstić information content (AvgIpc) is 2.57. The molecule has 0 saturated carbocycles. The van der Waals surface area contributed by atoms with E-state index in [9.17, 15) is 0 Å². The van der Waals surface area contributed by atoms with E-state index >= 15 is 0 Å². The molecule has 3 N–H and O–H groups in total. The highest BCUT2D eigenvalue weighted by Crippen LogP contribution is 1.91. The number of H-pyrrole nitrogens is 1. The third kappa shape index (κ3) is 14.3. The van der Waals surface area contributed by atoms with Gasteiger partial charge in [0.05, 0.1) is 6.33 Å². The monoisotopic (exact) mass is 247 g/mol. The minimum absolute atomic E-state index is 0. The lowest BCUT2D eigenvalue weighted by Crippen LogP contribution is -2.13. The summed E-state index contributed by atoms with van der Waals surface area (Å²) in [6.07, 6.45) is 9.07. The van der Waals surface area contributed by atoms with Gasteiger partial charge in [0.25, 0.3) is 0 Å². The zero-order valence-corrected chi connectivity index (χ0v) is 9.65. The zero-order valence-electron chi connectivity index (χ0n) is 7.94. The fourth-order valence-electron chi connectivity index (χ4n) is 0.596. The van der Waals surface area contributed by atoms with Crippen LogP contribution < -0.4 is 5.73 Å². The summed E-state index contributed by atoms with van der Waals surface area (Å²) in [5.41, 5.74) is 5.43. The number of aromatic amines is 1. The van der Waals surface area contributed by atoms with Crippen LogP contribution in [-0.4, -0.2) is 16.0 Å². The van der Waals surface area contributed by atoms with Crippen molar-refractivity contribution >= 4 is 17.0 Å². The van der Waals surface area contributed by atoms with E-state index in [4.69, 9.17) is 5.73 Å². The molecule has 0 aliphatic heterocycles. The van der Waals surface area contributed by atoms with Gasteiger partial charge in [-0.2, -0.15) is 0 Å². The lowest BCUT2D eigenvalue weighted by molar-refractivity contribution is 0.676. The van der Waals surface area contributed by atoms with Crippen LogP contribution in [0.2, 0.25) is 0 Å². The van der Waals surface area contributed by atoms with Crippen LogP contribution in [0.3, 0.4) is 0 Å². The second-order valence-electron chi connectivity index (χ2n) is 2.60. The Balaban J connectivity index is 0. The Morgan fingerprint density at radius 1 is 1.69 bits per heavy atom. The van der Waals surface area contributed by atoms with E-state index in [0.717, 1.165) is 12.8 Å². The van der Waals surface area contributed by atoms with Gasteiger partial charge >= 0.3 is 0 Å². The zero-order chi connectivity index (χ0) is 9.23. The largest absolute Gasteiger partial charge is 0.351 e. The SMILES string of the molecule is Br.C=CCCC(C)N.c1c[nH]cn1. The second-order valence-corrected chi connectivity index (χ2v) is 2.60. The normalized spacial score (nSPS) is 10.3. The number of nitrogens with zero attached hydrogens (tertiary/aromatic N) is 1. The van der Waals surface area contributed by atoms with E-state index in [1.54, 1.807) is 18.7 Å². The molecule has 0 saturated heterocycles. The second kappa shape index (κ2) is 11.4. The summed E-state index contributed by atoms with van der Waals surface area (Å²) in [5, 5.41) is 0. The Labute approximate surface area is 90.2 Å². The Hall–Kier alpha value is -0.610. The Bertz CT molecular complexity index is 156. The van der Waals surface area contributed by atoms with Gasteiger partial charge in [-0.05, 0) is 19.8 Å². The number of halogens is 1. The number of rotatable bonds is 3. The summed E-state index contributed by atoms with van der Waals surface area (Å²) in [5.74, 6) is 0.